The Morgan fingerprint density at radius 2 is 2.37 bits per heavy atom. The molecule has 0 radical (unpaired) electrons. The molecule has 100 valence electrons. The van der Waals surface area contributed by atoms with Gasteiger partial charge in [-0.25, -0.2) is 0 Å². The molecule has 0 N–H and O–H groups in total. The van der Waals surface area contributed by atoms with Crippen molar-refractivity contribution in [1.82, 2.24) is 19.8 Å². The van der Waals surface area contributed by atoms with Gasteiger partial charge in [-0.2, -0.15) is 5.10 Å². The lowest BCUT2D eigenvalue weighted by atomic mass is 10.1. The third-order valence-electron chi connectivity index (χ3n) is 3.44. The average molecular weight is 260 g/mol. The van der Waals surface area contributed by atoms with Crippen molar-refractivity contribution in [2.24, 2.45) is 7.05 Å². The molecule has 1 atom stereocenters. The summed E-state index contributed by atoms with van der Waals surface area (Å²) in [6, 6.07) is 1.90. The summed E-state index contributed by atoms with van der Waals surface area (Å²) in [5, 5.41) is 7.95. The number of hydrogen-bond donors (Lipinski definition) is 0. The van der Waals surface area contributed by atoms with Crippen molar-refractivity contribution in [2.75, 3.05) is 6.54 Å². The highest BCUT2D eigenvalue weighted by Gasteiger charge is 2.33. The van der Waals surface area contributed by atoms with Crippen LogP contribution in [-0.4, -0.2) is 32.3 Å². The van der Waals surface area contributed by atoms with Crippen LogP contribution in [0.4, 0.5) is 0 Å². The Balaban J connectivity index is 1.85. The van der Waals surface area contributed by atoms with E-state index in [0.29, 0.717) is 5.56 Å². The number of aromatic nitrogens is 3. The van der Waals surface area contributed by atoms with Crippen LogP contribution >= 0.6 is 0 Å². The summed E-state index contributed by atoms with van der Waals surface area (Å²) < 4.78 is 6.94. The second kappa shape index (κ2) is 4.53. The van der Waals surface area contributed by atoms with E-state index in [-0.39, 0.29) is 11.9 Å². The molecule has 6 nitrogen and oxygen atoms in total. The summed E-state index contributed by atoms with van der Waals surface area (Å²) in [5.41, 5.74) is 1.46. The normalized spacial score (nSPS) is 19.1. The van der Waals surface area contributed by atoms with Gasteiger partial charge in [-0.1, -0.05) is 5.16 Å². The Bertz CT molecular complexity index is 601. The SMILES string of the molecule is Cc1cc([C@H]2CCCN2C(=O)c2cnn(C)c2)on1. The summed E-state index contributed by atoms with van der Waals surface area (Å²) in [7, 11) is 1.80. The van der Waals surface area contributed by atoms with Crippen molar-refractivity contribution in [3.63, 3.8) is 0 Å². The van der Waals surface area contributed by atoms with E-state index in [0.717, 1.165) is 30.8 Å². The van der Waals surface area contributed by atoms with Crippen LogP contribution in [-0.2, 0) is 7.05 Å². The molecule has 0 unspecified atom stereocenters. The van der Waals surface area contributed by atoms with E-state index in [9.17, 15) is 4.79 Å². The maximum absolute atomic E-state index is 12.5. The number of aryl methyl sites for hydroxylation is 2. The van der Waals surface area contributed by atoms with Crippen molar-refractivity contribution < 1.29 is 9.32 Å². The summed E-state index contributed by atoms with van der Waals surface area (Å²) >= 11 is 0. The first-order chi connectivity index (χ1) is 9.15. The lowest BCUT2D eigenvalue weighted by molar-refractivity contribution is 0.0714. The first-order valence-corrected chi connectivity index (χ1v) is 6.38. The third-order valence-corrected chi connectivity index (χ3v) is 3.44. The lowest BCUT2D eigenvalue weighted by Gasteiger charge is -2.21. The van der Waals surface area contributed by atoms with Crippen molar-refractivity contribution in [1.29, 1.82) is 0 Å². The van der Waals surface area contributed by atoms with Crippen molar-refractivity contribution in [3.8, 4) is 0 Å². The number of hydrogen-bond acceptors (Lipinski definition) is 4. The number of amides is 1. The maximum Gasteiger partial charge on any atom is 0.257 e. The first-order valence-electron chi connectivity index (χ1n) is 6.38. The molecule has 0 bridgehead atoms. The van der Waals surface area contributed by atoms with Crippen LogP contribution in [0, 0.1) is 6.92 Å². The molecule has 1 aliphatic rings. The zero-order valence-electron chi connectivity index (χ0n) is 11.0. The van der Waals surface area contributed by atoms with Gasteiger partial charge in [0, 0.05) is 25.9 Å². The van der Waals surface area contributed by atoms with Gasteiger partial charge in [0.25, 0.3) is 5.91 Å². The third kappa shape index (κ3) is 2.14. The van der Waals surface area contributed by atoms with Crippen molar-refractivity contribution >= 4 is 5.91 Å². The summed E-state index contributed by atoms with van der Waals surface area (Å²) in [6.45, 7) is 2.63. The van der Waals surface area contributed by atoms with E-state index in [2.05, 4.69) is 10.3 Å². The standard InChI is InChI=1S/C13H16N4O2/c1-9-6-12(19-15-9)11-4-3-5-17(11)13(18)10-7-14-16(2)8-10/h6-8,11H,3-5H2,1-2H3/t11-/m1/s1. The minimum atomic E-state index is -0.00564. The summed E-state index contributed by atoms with van der Waals surface area (Å²) in [5.74, 6) is 0.775. The molecular weight excluding hydrogens is 244 g/mol. The molecule has 19 heavy (non-hydrogen) atoms. The van der Waals surface area contributed by atoms with Crippen LogP contribution in [0.3, 0.4) is 0 Å². The quantitative estimate of drug-likeness (QED) is 0.824. The van der Waals surface area contributed by atoms with E-state index < -0.39 is 0 Å². The number of nitrogens with zero attached hydrogens (tertiary/aromatic N) is 4. The van der Waals surface area contributed by atoms with Crippen LogP contribution in [0.2, 0.25) is 0 Å². The molecule has 1 fully saturated rings. The van der Waals surface area contributed by atoms with E-state index >= 15 is 0 Å². The monoisotopic (exact) mass is 260 g/mol. The predicted molar refractivity (Wildman–Crippen MR) is 67.5 cm³/mol. The van der Waals surface area contributed by atoms with E-state index in [4.69, 9.17) is 4.52 Å². The fraction of sp³-hybridized carbons (Fsp3) is 0.462. The second-order valence-corrected chi connectivity index (χ2v) is 4.93. The number of likely N-dealkylation sites (tertiary alicyclic amines) is 1. The van der Waals surface area contributed by atoms with Gasteiger partial charge in [0.2, 0.25) is 0 Å². The Labute approximate surface area is 111 Å². The van der Waals surface area contributed by atoms with Gasteiger partial charge in [0.05, 0.1) is 23.5 Å². The molecule has 3 heterocycles. The molecule has 0 spiro atoms. The number of carbonyl (C=O) groups excluding carboxylic acids is 1. The Morgan fingerprint density at radius 3 is 3.00 bits per heavy atom. The molecule has 1 aliphatic heterocycles. The van der Waals surface area contributed by atoms with Gasteiger partial charge in [-0.05, 0) is 19.8 Å². The topological polar surface area (TPSA) is 64.2 Å². The van der Waals surface area contributed by atoms with Crippen LogP contribution in [0.15, 0.2) is 23.0 Å². The zero-order chi connectivity index (χ0) is 13.4. The van der Waals surface area contributed by atoms with Crippen LogP contribution in [0.1, 0.15) is 40.7 Å². The van der Waals surface area contributed by atoms with Crippen molar-refractivity contribution in [2.45, 2.75) is 25.8 Å². The fourth-order valence-corrected chi connectivity index (χ4v) is 2.54. The summed E-state index contributed by atoms with van der Waals surface area (Å²) in [4.78, 5) is 14.3. The van der Waals surface area contributed by atoms with Gasteiger partial charge in [-0.3, -0.25) is 9.48 Å². The molecule has 1 amide bonds. The highest BCUT2D eigenvalue weighted by molar-refractivity contribution is 5.94. The van der Waals surface area contributed by atoms with E-state index in [1.807, 2.05) is 17.9 Å². The Morgan fingerprint density at radius 1 is 1.53 bits per heavy atom. The molecular formula is C13H16N4O2. The van der Waals surface area contributed by atoms with Gasteiger partial charge >= 0.3 is 0 Å². The highest BCUT2D eigenvalue weighted by Crippen LogP contribution is 2.33. The number of carbonyl (C=O) groups is 1. The molecule has 0 aliphatic carbocycles. The average Bonchev–Trinajstić information content (AvgIpc) is 3.07. The van der Waals surface area contributed by atoms with Gasteiger partial charge in [0.15, 0.2) is 5.76 Å². The fourth-order valence-electron chi connectivity index (χ4n) is 2.54. The van der Waals surface area contributed by atoms with Gasteiger partial charge in [-0.15, -0.1) is 0 Å². The number of rotatable bonds is 2. The smallest absolute Gasteiger partial charge is 0.257 e. The van der Waals surface area contributed by atoms with E-state index in [1.54, 1.807) is 24.1 Å². The largest absolute Gasteiger partial charge is 0.359 e. The molecule has 1 saturated heterocycles. The molecule has 0 aromatic carbocycles. The van der Waals surface area contributed by atoms with Crippen LogP contribution in [0.5, 0.6) is 0 Å². The molecule has 3 rings (SSSR count). The Kier molecular flexibility index (Phi) is 2.85. The minimum Gasteiger partial charge on any atom is -0.359 e. The maximum atomic E-state index is 12.5. The van der Waals surface area contributed by atoms with Crippen molar-refractivity contribution in [3.05, 3.63) is 35.5 Å². The first kappa shape index (κ1) is 12.0. The van der Waals surface area contributed by atoms with Gasteiger partial charge in [0.1, 0.15) is 0 Å². The molecule has 2 aromatic heterocycles. The minimum absolute atomic E-state index is 0.00431. The lowest BCUT2D eigenvalue weighted by Crippen LogP contribution is -2.30. The zero-order valence-corrected chi connectivity index (χ0v) is 11.0. The predicted octanol–water partition coefficient (Wildman–Crippen LogP) is 1.69. The van der Waals surface area contributed by atoms with Crippen LogP contribution in [0.25, 0.3) is 0 Å². The Hall–Kier alpha value is -2.11. The molecule has 0 saturated carbocycles. The molecule has 6 heteroatoms. The van der Waals surface area contributed by atoms with Gasteiger partial charge < -0.3 is 9.42 Å². The second-order valence-electron chi connectivity index (χ2n) is 4.93. The molecule has 2 aromatic rings. The highest BCUT2D eigenvalue weighted by atomic mass is 16.5. The summed E-state index contributed by atoms with van der Waals surface area (Å²) in [6.07, 6.45) is 5.24. The van der Waals surface area contributed by atoms with Crippen LogP contribution < -0.4 is 0 Å². The van der Waals surface area contributed by atoms with E-state index in [1.165, 1.54) is 0 Å².